The molecule has 1 aliphatic rings. The molecule has 0 aromatic heterocycles. The van der Waals surface area contributed by atoms with Crippen LogP contribution in [0.25, 0.3) is 0 Å². The third-order valence-electron chi connectivity index (χ3n) is 2.98. The fraction of sp³-hybridized carbons (Fsp3) is 0.308. The summed E-state index contributed by atoms with van der Waals surface area (Å²) in [5.41, 5.74) is 11.1. The number of nitrogens with zero attached hydrogens (tertiary/aromatic N) is 2. The fourth-order valence-electron chi connectivity index (χ4n) is 2.08. The highest BCUT2D eigenvalue weighted by atomic mass is 16.5. The lowest BCUT2D eigenvalue weighted by Gasteiger charge is -2.29. The molecule has 2 rings (SSSR count). The first-order valence-corrected chi connectivity index (χ1v) is 6.27. The van der Waals surface area contributed by atoms with Gasteiger partial charge in [0, 0.05) is 12.1 Å². The van der Waals surface area contributed by atoms with Gasteiger partial charge in [-0.15, -0.1) is 0 Å². The van der Waals surface area contributed by atoms with Crippen molar-refractivity contribution in [3.8, 4) is 11.5 Å². The zero-order chi connectivity index (χ0) is 15.6. The molecule has 8 heteroatoms. The third-order valence-corrected chi connectivity index (χ3v) is 2.98. The molecule has 0 unspecified atom stereocenters. The van der Waals surface area contributed by atoms with E-state index in [1.165, 1.54) is 24.1 Å². The number of aliphatic imine (C=N–C) groups is 1. The number of carbonyl (C=O) groups excluding carboxylic acids is 2. The summed E-state index contributed by atoms with van der Waals surface area (Å²) in [6.07, 6.45) is 0. The van der Waals surface area contributed by atoms with Crippen LogP contribution in [0.1, 0.15) is 17.3 Å². The summed E-state index contributed by atoms with van der Waals surface area (Å²) in [6.45, 7) is 2.20. The third kappa shape index (κ3) is 2.73. The number of hydrogen-bond donors (Lipinski definition) is 2. The van der Waals surface area contributed by atoms with Crippen LogP contribution in [0.4, 0.5) is 5.69 Å². The number of carbonyl (C=O) groups is 2. The van der Waals surface area contributed by atoms with E-state index < -0.39 is 5.91 Å². The predicted molar refractivity (Wildman–Crippen MR) is 76.7 cm³/mol. The SMILES string of the molecule is CCN1C(=O)COc2c(OC)cc(C(=O)N=C(N)N)cc21. The summed E-state index contributed by atoms with van der Waals surface area (Å²) in [6, 6.07) is 2.98. The Morgan fingerprint density at radius 2 is 2.19 bits per heavy atom. The number of anilines is 1. The summed E-state index contributed by atoms with van der Waals surface area (Å²) < 4.78 is 10.6. The molecule has 1 aromatic carbocycles. The van der Waals surface area contributed by atoms with E-state index >= 15 is 0 Å². The Morgan fingerprint density at radius 1 is 1.48 bits per heavy atom. The molecule has 0 fully saturated rings. The molecule has 0 saturated heterocycles. The molecule has 8 nitrogen and oxygen atoms in total. The molecule has 0 saturated carbocycles. The minimum Gasteiger partial charge on any atom is -0.493 e. The summed E-state index contributed by atoms with van der Waals surface area (Å²) in [5.74, 6) is -0.396. The van der Waals surface area contributed by atoms with E-state index in [2.05, 4.69) is 4.99 Å². The second-order valence-electron chi connectivity index (χ2n) is 4.30. The number of ether oxygens (including phenoxy) is 2. The Hall–Kier alpha value is -2.77. The van der Waals surface area contributed by atoms with E-state index in [-0.39, 0.29) is 24.0 Å². The molecule has 0 spiro atoms. The Morgan fingerprint density at radius 3 is 2.76 bits per heavy atom. The van der Waals surface area contributed by atoms with Gasteiger partial charge < -0.3 is 25.8 Å². The molecule has 4 N–H and O–H groups in total. The fourth-order valence-corrected chi connectivity index (χ4v) is 2.08. The first-order valence-electron chi connectivity index (χ1n) is 6.27. The van der Waals surface area contributed by atoms with Gasteiger partial charge in [0.1, 0.15) is 0 Å². The number of rotatable bonds is 3. The number of fused-ring (bicyclic) bond motifs is 1. The summed E-state index contributed by atoms with van der Waals surface area (Å²) in [7, 11) is 1.44. The molecule has 0 aliphatic carbocycles. The van der Waals surface area contributed by atoms with Crippen LogP contribution < -0.4 is 25.8 Å². The van der Waals surface area contributed by atoms with Crippen molar-refractivity contribution in [3.63, 3.8) is 0 Å². The number of likely N-dealkylation sites (N-methyl/N-ethyl adjacent to an activating group) is 1. The van der Waals surface area contributed by atoms with Crippen LogP contribution >= 0.6 is 0 Å². The zero-order valence-electron chi connectivity index (χ0n) is 11.8. The van der Waals surface area contributed by atoms with E-state index in [0.717, 1.165) is 0 Å². The minimum absolute atomic E-state index is 0.0710. The van der Waals surface area contributed by atoms with Crippen molar-refractivity contribution in [2.45, 2.75) is 6.92 Å². The average molecular weight is 292 g/mol. The van der Waals surface area contributed by atoms with E-state index in [4.69, 9.17) is 20.9 Å². The number of methoxy groups -OCH3 is 1. The number of hydrogen-bond acceptors (Lipinski definition) is 4. The second-order valence-corrected chi connectivity index (χ2v) is 4.30. The van der Waals surface area contributed by atoms with Crippen molar-refractivity contribution in [2.24, 2.45) is 16.5 Å². The van der Waals surface area contributed by atoms with Crippen molar-refractivity contribution in [1.29, 1.82) is 0 Å². The monoisotopic (exact) mass is 292 g/mol. The second kappa shape index (κ2) is 5.70. The van der Waals surface area contributed by atoms with Gasteiger partial charge in [0.25, 0.3) is 11.8 Å². The van der Waals surface area contributed by atoms with Gasteiger partial charge >= 0.3 is 0 Å². The van der Waals surface area contributed by atoms with Crippen LogP contribution in [0, 0.1) is 0 Å². The topological polar surface area (TPSA) is 120 Å². The van der Waals surface area contributed by atoms with Gasteiger partial charge in [-0.2, -0.15) is 4.99 Å². The molecule has 1 heterocycles. The highest BCUT2D eigenvalue weighted by Gasteiger charge is 2.28. The van der Waals surface area contributed by atoms with Crippen LogP contribution in [0.15, 0.2) is 17.1 Å². The van der Waals surface area contributed by atoms with Crippen molar-refractivity contribution < 1.29 is 19.1 Å². The normalized spacial score (nSPS) is 13.2. The summed E-state index contributed by atoms with van der Waals surface area (Å²) in [5, 5.41) is 0. The highest BCUT2D eigenvalue weighted by molar-refractivity contribution is 6.05. The molecule has 21 heavy (non-hydrogen) atoms. The van der Waals surface area contributed by atoms with E-state index in [0.29, 0.717) is 23.7 Å². The molecule has 0 bridgehead atoms. The molecule has 1 aliphatic heterocycles. The minimum atomic E-state index is -0.620. The van der Waals surface area contributed by atoms with Gasteiger partial charge in [0.05, 0.1) is 12.8 Å². The van der Waals surface area contributed by atoms with Crippen molar-refractivity contribution in [2.75, 3.05) is 25.2 Å². The smallest absolute Gasteiger partial charge is 0.280 e. The standard InChI is InChI=1S/C13H16N4O4/c1-3-17-8-4-7(12(19)16-13(14)15)5-9(20-2)11(8)21-6-10(17)18/h4-5H,3,6H2,1-2H3,(H4,14,15,16,19). The van der Waals surface area contributed by atoms with E-state index in [1.807, 2.05) is 6.92 Å². The van der Waals surface area contributed by atoms with Crippen molar-refractivity contribution in [1.82, 2.24) is 0 Å². The van der Waals surface area contributed by atoms with Crippen LogP contribution in [0.5, 0.6) is 11.5 Å². The Balaban J connectivity index is 2.57. The number of guanidine groups is 1. The van der Waals surface area contributed by atoms with Gasteiger partial charge in [-0.05, 0) is 19.1 Å². The molecular formula is C13H16N4O4. The highest BCUT2D eigenvalue weighted by Crippen LogP contribution is 2.41. The van der Waals surface area contributed by atoms with E-state index in [9.17, 15) is 9.59 Å². The summed E-state index contributed by atoms with van der Waals surface area (Å²) >= 11 is 0. The number of benzene rings is 1. The largest absolute Gasteiger partial charge is 0.493 e. The van der Waals surface area contributed by atoms with Gasteiger partial charge in [0.15, 0.2) is 24.1 Å². The van der Waals surface area contributed by atoms with Crippen LogP contribution in [-0.4, -0.2) is 38.0 Å². The maximum Gasteiger partial charge on any atom is 0.280 e. The van der Waals surface area contributed by atoms with Crippen LogP contribution in [0.3, 0.4) is 0 Å². The molecule has 0 atom stereocenters. The molecular weight excluding hydrogens is 276 g/mol. The Labute approximate surface area is 121 Å². The molecule has 2 amide bonds. The molecule has 0 radical (unpaired) electrons. The van der Waals surface area contributed by atoms with Gasteiger partial charge in [-0.1, -0.05) is 0 Å². The van der Waals surface area contributed by atoms with Gasteiger partial charge in [0.2, 0.25) is 0 Å². The van der Waals surface area contributed by atoms with Gasteiger partial charge in [-0.3, -0.25) is 9.59 Å². The van der Waals surface area contributed by atoms with Crippen LogP contribution in [0.2, 0.25) is 0 Å². The first-order chi connectivity index (χ1) is 9.97. The quantitative estimate of drug-likeness (QED) is 0.590. The predicted octanol–water partition coefficient (Wildman–Crippen LogP) is -0.146. The molecule has 1 aromatic rings. The zero-order valence-corrected chi connectivity index (χ0v) is 11.8. The lowest BCUT2D eigenvalue weighted by molar-refractivity contribution is -0.121. The van der Waals surface area contributed by atoms with Gasteiger partial charge in [-0.25, -0.2) is 0 Å². The van der Waals surface area contributed by atoms with Crippen molar-refractivity contribution >= 4 is 23.5 Å². The molecule has 112 valence electrons. The van der Waals surface area contributed by atoms with Crippen LogP contribution in [-0.2, 0) is 4.79 Å². The summed E-state index contributed by atoms with van der Waals surface area (Å²) in [4.78, 5) is 28.8. The first kappa shape index (κ1) is 14.6. The maximum atomic E-state index is 11.9. The Bertz CT molecular complexity index is 623. The lowest BCUT2D eigenvalue weighted by Crippen LogP contribution is -2.38. The Kier molecular flexibility index (Phi) is 3.97. The average Bonchev–Trinajstić information content (AvgIpc) is 2.45. The maximum absolute atomic E-state index is 11.9. The number of nitrogens with two attached hydrogens (primary N) is 2. The lowest BCUT2D eigenvalue weighted by atomic mass is 10.1. The van der Waals surface area contributed by atoms with E-state index in [1.54, 1.807) is 0 Å². The number of amides is 2. The van der Waals surface area contributed by atoms with Crippen molar-refractivity contribution in [3.05, 3.63) is 17.7 Å².